The Balaban J connectivity index is 1.41. The van der Waals surface area contributed by atoms with Crippen LogP contribution in [-0.4, -0.2) is 36.5 Å². The van der Waals surface area contributed by atoms with Crippen LogP contribution in [0.25, 0.3) is 0 Å². The summed E-state index contributed by atoms with van der Waals surface area (Å²) in [7, 11) is 1.81. The lowest BCUT2D eigenvalue weighted by Gasteiger charge is -2.36. The SMILES string of the molecule is CN1C(=O)CCc2cc(NC(=O)N3CCCC[C@H]3CCc3ccccc3)ccc21. The zero-order chi connectivity index (χ0) is 20.2. The first-order valence-electron chi connectivity index (χ1n) is 10.6. The van der Waals surface area contributed by atoms with Gasteiger partial charge in [0.2, 0.25) is 5.91 Å². The molecule has 2 aliphatic heterocycles. The van der Waals surface area contributed by atoms with Gasteiger partial charge in [0.25, 0.3) is 0 Å². The van der Waals surface area contributed by atoms with Crippen molar-refractivity contribution in [1.29, 1.82) is 0 Å². The number of amides is 3. The van der Waals surface area contributed by atoms with Crippen LogP contribution < -0.4 is 10.2 Å². The second kappa shape index (κ2) is 8.68. The van der Waals surface area contributed by atoms with E-state index in [-0.39, 0.29) is 18.0 Å². The topological polar surface area (TPSA) is 52.7 Å². The molecule has 2 heterocycles. The molecule has 1 N–H and O–H groups in total. The molecule has 0 bridgehead atoms. The maximum absolute atomic E-state index is 13.0. The van der Waals surface area contributed by atoms with Gasteiger partial charge in [-0.25, -0.2) is 4.79 Å². The van der Waals surface area contributed by atoms with Crippen LogP contribution in [0, 0.1) is 0 Å². The van der Waals surface area contributed by atoms with Gasteiger partial charge in [-0.2, -0.15) is 0 Å². The molecule has 5 heteroatoms. The molecule has 29 heavy (non-hydrogen) atoms. The third-order valence-electron chi connectivity index (χ3n) is 6.17. The van der Waals surface area contributed by atoms with Gasteiger partial charge in [-0.1, -0.05) is 30.3 Å². The van der Waals surface area contributed by atoms with Gasteiger partial charge < -0.3 is 15.1 Å². The molecule has 0 aliphatic carbocycles. The molecule has 1 fully saturated rings. The van der Waals surface area contributed by atoms with E-state index in [1.165, 1.54) is 12.0 Å². The van der Waals surface area contributed by atoms with Gasteiger partial charge in [0.05, 0.1) is 0 Å². The maximum Gasteiger partial charge on any atom is 0.322 e. The second-order valence-corrected chi connectivity index (χ2v) is 8.09. The number of nitrogens with one attached hydrogen (secondary N) is 1. The summed E-state index contributed by atoms with van der Waals surface area (Å²) < 4.78 is 0. The number of hydrogen-bond donors (Lipinski definition) is 1. The van der Waals surface area contributed by atoms with Crippen LogP contribution >= 0.6 is 0 Å². The summed E-state index contributed by atoms with van der Waals surface area (Å²) in [5.74, 6) is 0.142. The van der Waals surface area contributed by atoms with Crippen molar-refractivity contribution < 1.29 is 9.59 Å². The maximum atomic E-state index is 13.0. The quantitative estimate of drug-likeness (QED) is 0.827. The van der Waals surface area contributed by atoms with Crippen molar-refractivity contribution in [2.24, 2.45) is 0 Å². The highest BCUT2D eigenvalue weighted by Crippen LogP contribution is 2.30. The first-order chi connectivity index (χ1) is 14.1. The fraction of sp³-hybridized carbons (Fsp3) is 0.417. The number of benzene rings is 2. The molecule has 1 atom stereocenters. The highest BCUT2D eigenvalue weighted by Gasteiger charge is 2.27. The number of carbonyl (C=O) groups excluding carboxylic acids is 2. The van der Waals surface area contributed by atoms with E-state index in [1.54, 1.807) is 4.90 Å². The monoisotopic (exact) mass is 391 g/mol. The fourth-order valence-electron chi connectivity index (χ4n) is 4.48. The number of hydrogen-bond acceptors (Lipinski definition) is 2. The van der Waals surface area contributed by atoms with Crippen LogP contribution in [0.15, 0.2) is 48.5 Å². The third-order valence-corrected chi connectivity index (χ3v) is 6.17. The first kappa shape index (κ1) is 19.5. The lowest BCUT2D eigenvalue weighted by Crippen LogP contribution is -2.46. The van der Waals surface area contributed by atoms with Crippen molar-refractivity contribution in [3.05, 3.63) is 59.7 Å². The molecule has 0 radical (unpaired) electrons. The number of rotatable bonds is 4. The number of likely N-dealkylation sites (tertiary alicyclic amines) is 1. The zero-order valence-electron chi connectivity index (χ0n) is 17.1. The standard InChI is InChI=1S/C24H29N3O2/c1-26-22-14-12-20(17-19(22)11-15-23(26)28)25-24(29)27-16-6-5-9-21(27)13-10-18-7-3-2-4-8-18/h2-4,7-8,12,14,17,21H,5-6,9-11,13,15-16H2,1H3,(H,25,29)/t21-/m0/s1. The smallest absolute Gasteiger partial charge is 0.322 e. The molecular formula is C24H29N3O2. The van der Waals surface area contributed by atoms with E-state index < -0.39 is 0 Å². The van der Waals surface area contributed by atoms with Gasteiger partial charge in [-0.15, -0.1) is 0 Å². The predicted octanol–water partition coefficient (Wildman–Crippen LogP) is 4.61. The molecule has 2 aromatic carbocycles. The minimum absolute atomic E-state index is 0.0112. The van der Waals surface area contributed by atoms with Crippen molar-refractivity contribution in [3.8, 4) is 0 Å². The summed E-state index contributed by atoms with van der Waals surface area (Å²) in [6, 6.07) is 16.6. The van der Waals surface area contributed by atoms with Crippen LogP contribution in [-0.2, 0) is 17.6 Å². The van der Waals surface area contributed by atoms with E-state index in [2.05, 4.69) is 29.6 Å². The van der Waals surface area contributed by atoms with E-state index >= 15 is 0 Å². The Morgan fingerprint density at radius 1 is 1.10 bits per heavy atom. The number of urea groups is 1. The van der Waals surface area contributed by atoms with E-state index in [4.69, 9.17) is 0 Å². The van der Waals surface area contributed by atoms with Crippen LogP contribution in [0.2, 0.25) is 0 Å². The Bertz CT molecular complexity index is 881. The Kier molecular flexibility index (Phi) is 5.84. The summed E-state index contributed by atoms with van der Waals surface area (Å²) in [6.45, 7) is 0.813. The Morgan fingerprint density at radius 2 is 1.93 bits per heavy atom. The number of aryl methyl sites for hydroxylation is 2. The molecule has 152 valence electrons. The van der Waals surface area contributed by atoms with Crippen LogP contribution in [0.4, 0.5) is 16.2 Å². The van der Waals surface area contributed by atoms with Gasteiger partial charge in [0, 0.05) is 37.4 Å². The van der Waals surface area contributed by atoms with Crippen LogP contribution in [0.3, 0.4) is 0 Å². The van der Waals surface area contributed by atoms with Gasteiger partial charge >= 0.3 is 6.03 Å². The van der Waals surface area contributed by atoms with E-state index in [1.807, 2.05) is 36.2 Å². The van der Waals surface area contributed by atoms with Crippen molar-refractivity contribution in [2.45, 2.75) is 51.0 Å². The molecule has 2 aliphatic rings. The molecule has 2 aromatic rings. The lowest BCUT2D eigenvalue weighted by atomic mass is 9.96. The van der Waals surface area contributed by atoms with Crippen LogP contribution in [0.5, 0.6) is 0 Å². The van der Waals surface area contributed by atoms with Crippen molar-refractivity contribution in [1.82, 2.24) is 4.90 Å². The van der Waals surface area contributed by atoms with E-state index in [0.29, 0.717) is 6.42 Å². The molecular weight excluding hydrogens is 362 g/mol. The second-order valence-electron chi connectivity index (χ2n) is 8.09. The van der Waals surface area contributed by atoms with Crippen molar-refractivity contribution >= 4 is 23.3 Å². The van der Waals surface area contributed by atoms with Gasteiger partial charge in [0.1, 0.15) is 0 Å². The average molecular weight is 392 g/mol. The first-order valence-corrected chi connectivity index (χ1v) is 10.6. The molecule has 5 nitrogen and oxygen atoms in total. The summed E-state index contributed by atoms with van der Waals surface area (Å²) in [6.07, 6.45) is 6.55. The average Bonchev–Trinajstić information content (AvgIpc) is 2.76. The number of carbonyl (C=O) groups is 2. The summed E-state index contributed by atoms with van der Waals surface area (Å²) in [5.41, 5.74) is 4.19. The largest absolute Gasteiger partial charge is 0.322 e. The van der Waals surface area contributed by atoms with Crippen molar-refractivity contribution in [3.63, 3.8) is 0 Å². The molecule has 0 aromatic heterocycles. The zero-order valence-corrected chi connectivity index (χ0v) is 17.1. The predicted molar refractivity (Wildman–Crippen MR) is 116 cm³/mol. The van der Waals surface area contributed by atoms with Gasteiger partial charge in [-0.3, -0.25) is 4.79 Å². The minimum Gasteiger partial charge on any atom is -0.322 e. The summed E-state index contributed by atoms with van der Waals surface area (Å²) in [4.78, 5) is 28.6. The Hall–Kier alpha value is -2.82. The highest BCUT2D eigenvalue weighted by molar-refractivity contribution is 5.97. The molecule has 1 saturated heterocycles. The molecule has 3 amide bonds. The van der Waals surface area contributed by atoms with E-state index in [9.17, 15) is 9.59 Å². The number of piperidine rings is 1. The van der Waals surface area contributed by atoms with Gasteiger partial charge in [-0.05, 0) is 67.9 Å². The normalized spacial score (nSPS) is 19.1. The summed E-state index contributed by atoms with van der Waals surface area (Å²) in [5, 5.41) is 3.10. The highest BCUT2D eigenvalue weighted by atomic mass is 16.2. The number of fused-ring (bicyclic) bond motifs is 1. The Labute approximate surface area is 172 Å². The third kappa shape index (κ3) is 4.44. The lowest BCUT2D eigenvalue weighted by molar-refractivity contribution is -0.118. The molecule has 0 spiro atoms. The molecule has 0 saturated carbocycles. The molecule has 0 unspecified atom stereocenters. The van der Waals surface area contributed by atoms with Crippen LogP contribution in [0.1, 0.15) is 43.2 Å². The molecule has 4 rings (SSSR count). The summed E-state index contributed by atoms with van der Waals surface area (Å²) >= 11 is 0. The van der Waals surface area contributed by atoms with Crippen molar-refractivity contribution in [2.75, 3.05) is 23.8 Å². The number of nitrogens with zero attached hydrogens (tertiary/aromatic N) is 2. The van der Waals surface area contributed by atoms with Gasteiger partial charge in [0.15, 0.2) is 0 Å². The Morgan fingerprint density at radius 3 is 2.76 bits per heavy atom. The minimum atomic E-state index is -0.0112. The fourth-order valence-corrected chi connectivity index (χ4v) is 4.48. The van der Waals surface area contributed by atoms with E-state index in [0.717, 1.165) is 55.6 Å². The number of anilines is 2.